The van der Waals surface area contributed by atoms with Gasteiger partial charge in [0.05, 0.1) is 16.2 Å². The van der Waals surface area contributed by atoms with Gasteiger partial charge in [0, 0.05) is 23.9 Å². The monoisotopic (exact) mass is 672 g/mol. The average molecular weight is 672 g/mol. The van der Waals surface area contributed by atoms with E-state index in [1.807, 2.05) is 22.6 Å². The van der Waals surface area contributed by atoms with Crippen LogP contribution in [0, 0.1) is 3.57 Å². The van der Waals surface area contributed by atoms with Crippen LogP contribution < -0.4 is 15.7 Å². The molecule has 0 saturated heterocycles. The highest BCUT2D eigenvalue weighted by molar-refractivity contribution is 14.1. The van der Waals surface area contributed by atoms with Crippen molar-refractivity contribution in [1.82, 2.24) is 10.2 Å². The minimum absolute atomic E-state index is 0.0646. The molecule has 0 fully saturated rings. The molecule has 1 aromatic heterocycles. The number of para-hydroxylation sites is 2. The summed E-state index contributed by atoms with van der Waals surface area (Å²) in [7, 11) is 0. The first-order valence-electron chi connectivity index (χ1n) is 12.1. The molecule has 3 N–H and O–H groups in total. The molecule has 0 unspecified atom stereocenters. The second-order valence-electron chi connectivity index (χ2n) is 8.98. The molecule has 40 heavy (non-hydrogen) atoms. The smallest absolute Gasteiger partial charge is 0.406 e. The largest absolute Gasteiger partial charge is 0.482 e. The molecule has 0 spiro atoms. The third-order valence-electron chi connectivity index (χ3n) is 6.20. The van der Waals surface area contributed by atoms with E-state index in [0.717, 1.165) is 6.07 Å². The summed E-state index contributed by atoms with van der Waals surface area (Å²) >= 11 is 1.97. The van der Waals surface area contributed by atoms with E-state index < -0.39 is 60.4 Å². The molecular weight excluding hydrogens is 648 g/mol. The number of halogens is 4. The van der Waals surface area contributed by atoms with Crippen molar-refractivity contribution in [2.24, 2.45) is 0 Å². The van der Waals surface area contributed by atoms with E-state index in [4.69, 9.17) is 14.3 Å². The van der Waals surface area contributed by atoms with Gasteiger partial charge < -0.3 is 29.6 Å². The van der Waals surface area contributed by atoms with Gasteiger partial charge in [0.15, 0.2) is 0 Å². The van der Waals surface area contributed by atoms with Gasteiger partial charge in [-0.2, -0.15) is 13.2 Å². The standard InChI is InChI=1S/C27H24F3IN2O7/c28-27(29,30)14-33(25(37)17-11-15-5-1-3-7-20(15)40-26(17)38)19-12-16(24(36)32-9-10-34)13-22(23(19)35)39-21-8-4-2-6-18(21)31/h1-8,11,13,19,22-23,34-35H,9-10,12,14H2,(H,32,36)/t19-,22+,23+/m1/s1. The summed E-state index contributed by atoms with van der Waals surface area (Å²) in [5.74, 6) is -1.75. The first kappa shape index (κ1) is 29.6. The van der Waals surface area contributed by atoms with Crippen LogP contribution in [0.15, 0.2) is 75.5 Å². The van der Waals surface area contributed by atoms with Gasteiger partial charge in [-0.05, 0) is 52.9 Å². The SMILES string of the molecule is O=C(NCCO)C1=C[C@H](Oc2ccccc2I)[C@@H](O)[C@H](N(CC(F)(F)F)C(=O)c2cc3ccccc3oc2=O)C1. The number of carbonyl (C=O) groups is 2. The molecule has 212 valence electrons. The Morgan fingerprint density at radius 1 is 1.15 bits per heavy atom. The third kappa shape index (κ3) is 6.82. The molecule has 3 atom stereocenters. The van der Waals surface area contributed by atoms with Crippen molar-refractivity contribution >= 4 is 45.4 Å². The van der Waals surface area contributed by atoms with Crippen LogP contribution in [0.25, 0.3) is 11.0 Å². The van der Waals surface area contributed by atoms with Crippen molar-refractivity contribution in [1.29, 1.82) is 0 Å². The van der Waals surface area contributed by atoms with Crippen molar-refractivity contribution in [3.8, 4) is 5.75 Å². The van der Waals surface area contributed by atoms with Crippen LogP contribution in [0.5, 0.6) is 5.75 Å². The fourth-order valence-corrected chi connectivity index (χ4v) is 4.88. The van der Waals surface area contributed by atoms with Crippen LogP contribution in [-0.2, 0) is 4.79 Å². The number of carbonyl (C=O) groups excluding carboxylic acids is 2. The number of nitrogens with zero attached hydrogens (tertiary/aromatic N) is 1. The van der Waals surface area contributed by atoms with Crippen molar-refractivity contribution in [2.45, 2.75) is 30.8 Å². The molecule has 4 rings (SSSR count). The average Bonchev–Trinajstić information content (AvgIpc) is 2.91. The van der Waals surface area contributed by atoms with E-state index in [0.29, 0.717) is 19.6 Å². The summed E-state index contributed by atoms with van der Waals surface area (Å²) in [5, 5.41) is 23.1. The van der Waals surface area contributed by atoms with Crippen molar-refractivity contribution < 1.29 is 42.1 Å². The van der Waals surface area contributed by atoms with Gasteiger partial charge in [0.2, 0.25) is 5.91 Å². The fourth-order valence-electron chi connectivity index (χ4n) is 4.37. The molecule has 0 bridgehead atoms. The molecular formula is C27H24F3IN2O7. The number of alkyl halides is 3. The van der Waals surface area contributed by atoms with E-state index in [9.17, 15) is 32.7 Å². The minimum Gasteiger partial charge on any atom is -0.482 e. The molecule has 13 heteroatoms. The number of rotatable bonds is 8. The van der Waals surface area contributed by atoms with E-state index in [1.165, 1.54) is 18.2 Å². The number of hydrogen-bond donors (Lipinski definition) is 3. The van der Waals surface area contributed by atoms with Crippen molar-refractivity contribution in [3.63, 3.8) is 0 Å². The van der Waals surface area contributed by atoms with Crippen LogP contribution in [0.1, 0.15) is 16.8 Å². The summed E-state index contributed by atoms with van der Waals surface area (Å²) in [6.07, 6.45) is -7.18. The number of aliphatic hydroxyl groups is 2. The van der Waals surface area contributed by atoms with Crippen molar-refractivity contribution in [3.05, 3.63) is 85.8 Å². The Hall–Kier alpha value is -3.43. The summed E-state index contributed by atoms with van der Waals surface area (Å²) in [5.41, 5.74) is -1.73. The van der Waals surface area contributed by atoms with Gasteiger partial charge in [0.25, 0.3) is 5.91 Å². The molecule has 0 saturated carbocycles. The first-order valence-corrected chi connectivity index (χ1v) is 13.2. The molecule has 9 nitrogen and oxygen atoms in total. The fraction of sp³-hybridized carbons (Fsp3) is 0.296. The van der Waals surface area contributed by atoms with E-state index >= 15 is 0 Å². The number of amides is 2. The quantitative estimate of drug-likeness (QED) is 0.248. The molecule has 2 amide bonds. The third-order valence-corrected chi connectivity index (χ3v) is 7.09. The highest BCUT2D eigenvalue weighted by Gasteiger charge is 2.45. The zero-order valence-corrected chi connectivity index (χ0v) is 22.9. The second-order valence-corrected chi connectivity index (χ2v) is 10.1. The highest BCUT2D eigenvalue weighted by atomic mass is 127. The Morgan fingerprint density at radius 3 is 2.55 bits per heavy atom. The molecule has 0 radical (unpaired) electrons. The second kappa shape index (κ2) is 12.4. The molecule has 2 aromatic carbocycles. The Kier molecular flexibility index (Phi) is 9.15. The Balaban J connectivity index is 1.77. The normalized spacial score (nSPS) is 19.1. The predicted molar refractivity (Wildman–Crippen MR) is 146 cm³/mol. The highest BCUT2D eigenvalue weighted by Crippen LogP contribution is 2.32. The number of aliphatic hydroxyl groups excluding tert-OH is 2. The van der Waals surface area contributed by atoms with Crippen LogP contribution in [0.4, 0.5) is 13.2 Å². The van der Waals surface area contributed by atoms with Gasteiger partial charge >= 0.3 is 11.8 Å². The topological polar surface area (TPSA) is 129 Å². The summed E-state index contributed by atoms with van der Waals surface area (Å²) in [6, 6.07) is 12.4. The van der Waals surface area contributed by atoms with Crippen LogP contribution >= 0.6 is 22.6 Å². The minimum atomic E-state index is -4.92. The van der Waals surface area contributed by atoms with Crippen molar-refractivity contribution in [2.75, 3.05) is 19.7 Å². The number of ether oxygens (including phenoxy) is 1. The van der Waals surface area contributed by atoms with E-state index in [1.54, 1.807) is 36.4 Å². The van der Waals surface area contributed by atoms with E-state index in [2.05, 4.69) is 5.32 Å². The summed E-state index contributed by atoms with van der Waals surface area (Å²) in [6.45, 7) is -2.33. The lowest BCUT2D eigenvalue weighted by Crippen LogP contribution is -2.57. The summed E-state index contributed by atoms with van der Waals surface area (Å²) in [4.78, 5) is 39.3. The summed E-state index contributed by atoms with van der Waals surface area (Å²) < 4.78 is 53.1. The van der Waals surface area contributed by atoms with Gasteiger partial charge in [0.1, 0.15) is 35.6 Å². The molecule has 0 aliphatic heterocycles. The zero-order chi connectivity index (χ0) is 29.0. The number of benzene rings is 2. The maximum absolute atomic E-state index is 13.8. The Labute approximate surface area is 239 Å². The van der Waals surface area contributed by atoms with Gasteiger partial charge in [-0.25, -0.2) is 4.79 Å². The number of hydrogen-bond acceptors (Lipinski definition) is 7. The number of fused-ring (bicyclic) bond motifs is 1. The van der Waals surface area contributed by atoms with Crippen LogP contribution in [0.2, 0.25) is 0 Å². The van der Waals surface area contributed by atoms with Gasteiger partial charge in [-0.3, -0.25) is 9.59 Å². The van der Waals surface area contributed by atoms with Crippen LogP contribution in [-0.4, -0.2) is 71.0 Å². The zero-order valence-electron chi connectivity index (χ0n) is 20.7. The molecule has 1 aliphatic rings. The molecule has 1 heterocycles. The lowest BCUT2D eigenvalue weighted by Gasteiger charge is -2.40. The maximum atomic E-state index is 13.8. The van der Waals surface area contributed by atoms with Crippen LogP contribution in [0.3, 0.4) is 0 Å². The maximum Gasteiger partial charge on any atom is 0.406 e. The van der Waals surface area contributed by atoms with E-state index in [-0.39, 0.29) is 24.3 Å². The van der Waals surface area contributed by atoms with Gasteiger partial charge in [-0.15, -0.1) is 0 Å². The predicted octanol–water partition coefficient (Wildman–Crippen LogP) is 3.02. The molecule has 1 aliphatic carbocycles. The lowest BCUT2D eigenvalue weighted by atomic mass is 9.87. The molecule has 3 aromatic rings. The number of nitrogens with one attached hydrogen (secondary N) is 1. The Morgan fingerprint density at radius 2 is 1.85 bits per heavy atom. The lowest BCUT2D eigenvalue weighted by molar-refractivity contribution is -0.151. The first-order chi connectivity index (χ1) is 19.0. The Bertz CT molecular complexity index is 1490. The van der Waals surface area contributed by atoms with Gasteiger partial charge in [-0.1, -0.05) is 30.3 Å².